The first-order chi connectivity index (χ1) is 22.0. The average Bonchev–Trinajstić information content (AvgIpc) is 3.46. The number of methoxy groups -OCH3 is 2. The van der Waals surface area contributed by atoms with Crippen LogP contribution < -0.4 is 23.8 Å². The van der Waals surface area contributed by atoms with Crippen molar-refractivity contribution in [2.75, 3.05) is 39.2 Å². The van der Waals surface area contributed by atoms with Gasteiger partial charge in [0.05, 0.1) is 38.1 Å². The fourth-order valence-corrected chi connectivity index (χ4v) is 8.65. The number of benzene rings is 3. The highest BCUT2D eigenvalue weighted by atomic mass is 35.5. The number of hydrogen-bond donors (Lipinski definition) is 2. The van der Waals surface area contributed by atoms with E-state index >= 15 is 4.79 Å². The van der Waals surface area contributed by atoms with E-state index in [1.54, 1.807) is 0 Å². The van der Waals surface area contributed by atoms with Crippen molar-refractivity contribution in [3.05, 3.63) is 75.8 Å². The summed E-state index contributed by atoms with van der Waals surface area (Å²) in [7, 11) is 0.0868. The van der Waals surface area contributed by atoms with Crippen LogP contribution in [-0.2, 0) is 25.2 Å². The zero-order valence-corrected chi connectivity index (χ0v) is 27.6. The molecule has 2 aliphatic heterocycles. The molecule has 47 heavy (non-hydrogen) atoms. The Morgan fingerprint density at radius 2 is 1.66 bits per heavy atom. The second kappa shape index (κ2) is 12.0. The molecule has 4 atom stereocenters. The minimum atomic E-state index is -5.32. The molecule has 0 saturated carbocycles. The fraction of sp³-hybridized carbons (Fsp3) is 0.333. The van der Waals surface area contributed by atoms with E-state index in [1.165, 1.54) is 57.6 Å². The molecule has 2 N–H and O–H groups in total. The number of likely N-dealkylation sites (tertiary alicyclic amines) is 1. The van der Waals surface area contributed by atoms with Crippen molar-refractivity contribution < 1.29 is 55.0 Å². The van der Waals surface area contributed by atoms with E-state index in [1.807, 2.05) is 0 Å². The lowest BCUT2D eigenvalue weighted by Gasteiger charge is -2.48. The maximum absolute atomic E-state index is 15.4. The molecule has 5 rings (SSSR count). The number of alkyl halides is 3. The Kier molecular flexibility index (Phi) is 8.86. The number of ether oxygens (including phenoxy) is 3. The lowest BCUT2D eigenvalue weighted by atomic mass is 9.78. The Balaban J connectivity index is 1.91. The fourth-order valence-electron chi connectivity index (χ4n) is 6.74. The van der Waals surface area contributed by atoms with Gasteiger partial charge in [-0.15, -0.1) is 13.2 Å². The number of carbonyl (C=O) groups excluding carboxylic acids is 2. The maximum atomic E-state index is 15.4. The molecule has 2 heterocycles. The van der Waals surface area contributed by atoms with Crippen LogP contribution in [0, 0.1) is 0 Å². The highest BCUT2D eigenvalue weighted by Gasteiger charge is 2.72. The third-order valence-corrected chi connectivity index (χ3v) is 10.8. The monoisotopic (exact) mass is 718 g/mol. The third-order valence-electron chi connectivity index (χ3n) is 8.60. The molecule has 1 saturated heterocycles. The summed E-state index contributed by atoms with van der Waals surface area (Å²) in [6.07, 6.45) is -6.59. The molecule has 11 nitrogen and oxygen atoms in total. The molecular formula is C30H29Cl2F3N3O8S+. The van der Waals surface area contributed by atoms with Crippen molar-refractivity contribution in [1.82, 2.24) is 5.32 Å². The van der Waals surface area contributed by atoms with E-state index in [4.69, 9.17) is 32.7 Å². The molecule has 252 valence electrons. The first-order valence-electron chi connectivity index (χ1n) is 13.9. The van der Waals surface area contributed by atoms with Gasteiger partial charge in [-0.2, -0.15) is 4.31 Å². The molecule has 0 bridgehead atoms. The summed E-state index contributed by atoms with van der Waals surface area (Å²) in [4.78, 5) is 27.8. The minimum Gasteiger partial charge on any atom is -0.497 e. The molecule has 0 spiro atoms. The number of nitrogens with one attached hydrogen (secondary N) is 1. The summed E-state index contributed by atoms with van der Waals surface area (Å²) >= 11 is 12.9. The number of carbonyl (C=O) groups is 2. The lowest BCUT2D eigenvalue weighted by molar-refractivity contribution is -0.953. The summed E-state index contributed by atoms with van der Waals surface area (Å²) in [5, 5.41) is 13.7. The molecule has 0 aliphatic carbocycles. The summed E-state index contributed by atoms with van der Waals surface area (Å²) in [5.41, 5.74) is -2.51. The van der Waals surface area contributed by atoms with Gasteiger partial charge in [-0.1, -0.05) is 23.2 Å². The number of rotatable bonds is 8. The van der Waals surface area contributed by atoms with E-state index in [0.717, 1.165) is 25.3 Å². The van der Waals surface area contributed by atoms with E-state index in [2.05, 4.69) is 10.1 Å². The Hall–Kier alpha value is -3.76. The summed E-state index contributed by atoms with van der Waals surface area (Å²) in [6, 6.07) is 9.65. The lowest BCUT2D eigenvalue weighted by Crippen LogP contribution is -2.69. The van der Waals surface area contributed by atoms with Crippen molar-refractivity contribution >= 4 is 50.7 Å². The van der Waals surface area contributed by atoms with Gasteiger partial charge in [0, 0.05) is 29.6 Å². The third kappa shape index (κ3) is 5.43. The van der Waals surface area contributed by atoms with E-state index in [9.17, 15) is 31.5 Å². The quantitative estimate of drug-likeness (QED) is 0.332. The molecule has 2 unspecified atom stereocenters. The van der Waals surface area contributed by atoms with Gasteiger partial charge in [0.15, 0.2) is 11.8 Å². The van der Waals surface area contributed by atoms with Crippen LogP contribution in [0.3, 0.4) is 0 Å². The second-order valence-electron chi connectivity index (χ2n) is 11.1. The number of aliphatic hydroxyl groups is 1. The van der Waals surface area contributed by atoms with Gasteiger partial charge in [-0.25, -0.2) is 8.42 Å². The number of quaternary nitrogens is 1. The van der Waals surface area contributed by atoms with Gasteiger partial charge >= 0.3 is 12.3 Å². The first-order valence-corrected chi connectivity index (χ1v) is 16.1. The van der Waals surface area contributed by atoms with E-state index in [-0.39, 0.29) is 51.3 Å². The number of aliphatic hydroxyl groups excluding tert-OH is 1. The van der Waals surface area contributed by atoms with Crippen LogP contribution >= 0.6 is 23.2 Å². The predicted octanol–water partition coefficient (Wildman–Crippen LogP) is 4.21. The molecule has 17 heteroatoms. The highest BCUT2D eigenvalue weighted by molar-refractivity contribution is 7.93. The van der Waals surface area contributed by atoms with Crippen LogP contribution in [0.4, 0.5) is 18.9 Å². The molecule has 2 amide bonds. The van der Waals surface area contributed by atoms with Gasteiger partial charge in [-0.3, -0.25) is 14.1 Å². The molecule has 3 aromatic rings. The summed E-state index contributed by atoms with van der Waals surface area (Å²) in [5.74, 6) is -3.01. The Morgan fingerprint density at radius 3 is 2.26 bits per heavy atom. The van der Waals surface area contributed by atoms with Crippen molar-refractivity contribution in [3.63, 3.8) is 0 Å². The number of fused-ring (bicyclic) bond motifs is 1. The number of hydrogen-bond acceptors (Lipinski definition) is 8. The average molecular weight is 720 g/mol. The number of halogens is 5. The first kappa shape index (κ1) is 34.6. The number of anilines is 1. The highest BCUT2D eigenvalue weighted by Crippen LogP contribution is 2.58. The number of sulfonamides is 1. The van der Waals surface area contributed by atoms with E-state index < -0.39 is 61.0 Å². The van der Waals surface area contributed by atoms with Crippen LogP contribution in [0.15, 0.2) is 59.5 Å². The second-order valence-corrected chi connectivity index (χ2v) is 13.7. The van der Waals surface area contributed by atoms with Crippen LogP contribution in [0.2, 0.25) is 10.0 Å². The van der Waals surface area contributed by atoms with Crippen LogP contribution in [0.1, 0.15) is 17.5 Å². The van der Waals surface area contributed by atoms with Gasteiger partial charge in [-0.05, 0) is 48.5 Å². The van der Waals surface area contributed by atoms with Crippen molar-refractivity contribution in [1.29, 1.82) is 0 Å². The number of amides is 2. The van der Waals surface area contributed by atoms with Gasteiger partial charge in [0.1, 0.15) is 29.0 Å². The summed E-state index contributed by atoms with van der Waals surface area (Å²) in [6.45, 7) is -0.246. The standard InChI is InChI=1S/C30H28Cl2F3N3O8S/c1-36-27(40)23-13-18(39)15-38(23,2)29(21-12-17(32)6-9-24(21)45-4)20-11-16(31)5-8-22(20)37(28(29)41)47(42,43)26-10-7-19(44-3)14-25(26)46-30(33,34)35/h5-12,14,18,23,39H,13,15H2,1-4H3/p+1/t18-,23+,29?,38?/m1/s1. The van der Waals surface area contributed by atoms with Crippen LogP contribution in [0.5, 0.6) is 17.2 Å². The Morgan fingerprint density at radius 1 is 1.02 bits per heavy atom. The Bertz CT molecular complexity index is 1880. The number of likely N-dealkylation sites (N-methyl/N-ethyl adjacent to an activating group) is 2. The predicted molar refractivity (Wildman–Crippen MR) is 164 cm³/mol. The molecule has 0 radical (unpaired) electrons. The normalized spacial score (nSPS) is 24.2. The van der Waals surface area contributed by atoms with Crippen molar-refractivity contribution in [2.45, 2.75) is 35.4 Å². The van der Waals surface area contributed by atoms with Crippen molar-refractivity contribution in [3.8, 4) is 17.2 Å². The van der Waals surface area contributed by atoms with Crippen molar-refractivity contribution in [2.24, 2.45) is 0 Å². The zero-order chi connectivity index (χ0) is 34.7. The maximum Gasteiger partial charge on any atom is 0.573 e. The molecule has 3 aromatic carbocycles. The zero-order valence-electron chi connectivity index (χ0n) is 25.3. The Labute approximate surface area is 278 Å². The van der Waals surface area contributed by atoms with Gasteiger partial charge in [0.25, 0.3) is 15.9 Å². The molecular weight excluding hydrogens is 690 g/mol. The largest absolute Gasteiger partial charge is 0.573 e. The minimum absolute atomic E-state index is 0.0192. The molecule has 1 fully saturated rings. The van der Waals surface area contributed by atoms with Gasteiger partial charge < -0.3 is 24.6 Å². The van der Waals surface area contributed by atoms with Gasteiger partial charge in [0.2, 0.25) is 5.54 Å². The number of nitrogens with zero attached hydrogens (tertiary/aromatic N) is 2. The molecule has 2 aliphatic rings. The van der Waals surface area contributed by atoms with E-state index in [0.29, 0.717) is 4.31 Å². The molecule has 0 aromatic heterocycles. The summed E-state index contributed by atoms with van der Waals surface area (Å²) < 4.78 is 84.3. The SMILES string of the molecule is CNC(=O)[C@@H]1C[C@@H](O)C[N+]1(C)C1(c2cc(Cl)ccc2OC)C(=O)N(S(=O)(=O)c2ccc(OC)cc2OC(F)(F)F)c2ccc(Cl)cc21. The topological polar surface area (TPSA) is 131 Å². The van der Waals surface area contributed by atoms with Crippen LogP contribution in [-0.4, -0.2) is 83.2 Å². The van der Waals surface area contributed by atoms with Crippen LogP contribution in [0.25, 0.3) is 0 Å². The smallest absolute Gasteiger partial charge is 0.497 e.